The highest BCUT2D eigenvalue weighted by atomic mass is 35.5. The van der Waals surface area contributed by atoms with Gasteiger partial charge in [-0.1, -0.05) is 55.8 Å². The largest absolute Gasteiger partial charge is 0.489 e. The summed E-state index contributed by atoms with van der Waals surface area (Å²) in [6.07, 6.45) is 0. The highest BCUT2D eigenvalue weighted by Crippen LogP contribution is 2.27. The van der Waals surface area contributed by atoms with Crippen LogP contribution in [0.2, 0.25) is 5.02 Å². The van der Waals surface area contributed by atoms with Gasteiger partial charge in [0, 0.05) is 17.1 Å². The first-order chi connectivity index (χ1) is 9.61. The first kappa shape index (κ1) is 14.9. The van der Waals surface area contributed by atoms with Crippen LogP contribution in [-0.2, 0) is 13.2 Å². The van der Waals surface area contributed by atoms with E-state index in [0.29, 0.717) is 24.1 Å². The zero-order valence-electron chi connectivity index (χ0n) is 11.9. The summed E-state index contributed by atoms with van der Waals surface area (Å²) in [5.74, 6) is 1.35. The van der Waals surface area contributed by atoms with Crippen LogP contribution >= 0.6 is 11.6 Å². The molecule has 20 heavy (non-hydrogen) atoms. The Morgan fingerprint density at radius 2 is 1.90 bits per heavy atom. The van der Waals surface area contributed by atoms with Crippen molar-refractivity contribution in [2.75, 3.05) is 0 Å². The summed E-state index contributed by atoms with van der Waals surface area (Å²) in [4.78, 5) is 0. The van der Waals surface area contributed by atoms with Gasteiger partial charge in [0.25, 0.3) is 0 Å². The number of hydrogen-bond acceptors (Lipinski definition) is 2. The summed E-state index contributed by atoms with van der Waals surface area (Å²) in [5, 5.41) is 0.704. The van der Waals surface area contributed by atoms with Crippen molar-refractivity contribution in [2.24, 2.45) is 5.73 Å². The second-order valence-electron chi connectivity index (χ2n) is 5.11. The Kier molecular flexibility index (Phi) is 5.05. The number of rotatable bonds is 5. The lowest BCUT2D eigenvalue weighted by Gasteiger charge is -2.14. The van der Waals surface area contributed by atoms with Gasteiger partial charge in [-0.2, -0.15) is 0 Å². The van der Waals surface area contributed by atoms with E-state index < -0.39 is 0 Å². The van der Waals surface area contributed by atoms with Gasteiger partial charge in [0.15, 0.2) is 0 Å². The standard InChI is InChI=1S/C17H20ClNO/c1-12(2)15-5-3-4-6-17(15)20-11-14-8-7-13(10-19)9-16(14)18/h3-9,12H,10-11,19H2,1-2H3. The van der Waals surface area contributed by atoms with Gasteiger partial charge in [-0.25, -0.2) is 0 Å². The minimum absolute atomic E-state index is 0.432. The van der Waals surface area contributed by atoms with Crippen molar-refractivity contribution in [2.45, 2.75) is 32.9 Å². The monoisotopic (exact) mass is 289 g/mol. The second kappa shape index (κ2) is 6.78. The molecule has 0 saturated heterocycles. The molecule has 0 atom stereocenters. The van der Waals surface area contributed by atoms with Crippen LogP contribution in [0, 0.1) is 0 Å². The van der Waals surface area contributed by atoms with E-state index in [1.165, 1.54) is 5.56 Å². The molecule has 106 valence electrons. The highest BCUT2D eigenvalue weighted by Gasteiger charge is 2.08. The van der Waals surface area contributed by atoms with Crippen LogP contribution in [0.15, 0.2) is 42.5 Å². The molecule has 0 bridgehead atoms. The molecule has 0 aliphatic rings. The lowest BCUT2D eigenvalue weighted by Crippen LogP contribution is -2.02. The van der Waals surface area contributed by atoms with Crippen LogP contribution in [0.5, 0.6) is 5.75 Å². The van der Waals surface area contributed by atoms with Gasteiger partial charge in [-0.15, -0.1) is 0 Å². The summed E-state index contributed by atoms with van der Waals surface area (Å²) in [6, 6.07) is 14.0. The number of hydrogen-bond donors (Lipinski definition) is 1. The fourth-order valence-electron chi connectivity index (χ4n) is 2.08. The lowest BCUT2D eigenvalue weighted by atomic mass is 10.0. The molecule has 2 nitrogen and oxygen atoms in total. The predicted octanol–water partition coefficient (Wildman–Crippen LogP) is 4.50. The van der Waals surface area contributed by atoms with Crippen LogP contribution in [0.25, 0.3) is 0 Å². The first-order valence-corrected chi connectivity index (χ1v) is 7.18. The van der Waals surface area contributed by atoms with Crippen LogP contribution in [0.4, 0.5) is 0 Å². The van der Waals surface area contributed by atoms with Gasteiger partial charge < -0.3 is 10.5 Å². The molecule has 0 spiro atoms. The van der Waals surface area contributed by atoms with Gasteiger partial charge in [0.05, 0.1) is 0 Å². The van der Waals surface area contributed by atoms with Crippen molar-refractivity contribution in [1.29, 1.82) is 0 Å². The fraction of sp³-hybridized carbons (Fsp3) is 0.294. The molecule has 0 fully saturated rings. The summed E-state index contributed by atoms with van der Waals surface area (Å²) in [5.41, 5.74) is 8.81. The number of benzene rings is 2. The summed E-state index contributed by atoms with van der Waals surface area (Å²) in [6.45, 7) is 5.28. The molecule has 2 aromatic carbocycles. The van der Waals surface area contributed by atoms with E-state index in [4.69, 9.17) is 22.1 Å². The van der Waals surface area contributed by atoms with Gasteiger partial charge in [0.1, 0.15) is 12.4 Å². The Bertz CT molecular complexity index is 581. The molecular formula is C17H20ClNO. The van der Waals surface area contributed by atoms with Crippen LogP contribution in [0.1, 0.15) is 36.5 Å². The maximum Gasteiger partial charge on any atom is 0.123 e. The normalized spacial score (nSPS) is 10.8. The van der Waals surface area contributed by atoms with Gasteiger partial charge in [-0.05, 0) is 29.2 Å². The van der Waals surface area contributed by atoms with Gasteiger partial charge in [0.2, 0.25) is 0 Å². The summed E-state index contributed by atoms with van der Waals surface area (Å²) >= 11 is 6.24. The maximum absolute atomic E-state index is 6.24. The molecule has 2 rings (SSSR count). The second-order valence-corrected chi connectivity index (χ2v) is 5.52. The molecule has 0 radical (unpaired) electrons. The fourth-order valence-corrected chi connectivity index (χ4v) is 2.34. The zero-order chi connectivity index (χ0) is 14.5. The van der Waals surface area contributed by atoms with E-state index in [-0.39, 0.29) is 0 Å². The third-order valence-electron chi connectivity index (χ3n) is 3.28. The minimum atomic E-state index is 0.432. The Morgan fingerprint density at radius 3 is 2.55 bits per heavy atom. The Labute approximate surface area is 125 Å². The molecule has 2 aromatic rings. The Morgan fingerprint density at radius 1 is 1.15 bits per heavy atom. The van der Waals surface area contributed by atoms with E-state index >= 15 is 0 Å². The third kappa shape index (κ3) is 3.53. The van der Waals surface area contributed by atoms with E-state index in [0.717, 1.165) is 16.9 Å². The molecule has 0 heterocycles. The van der Waals surface area contributed by atoms with E-state index in [1.807, 2.05) is 36.4 Å². The van der Waals surface area contributed by atoms with E-state index in [9.17, 15) is 0 Å². The molecule has 2 N–H and O–H groups in total. The summed E-state index contributed by atoms with van der Waals surface area (Å²) in [7, 11) is 0. The number of para-hydroxylation sites is 1. The van der Waals surface area contributed by atoms with Crippen LogP contribution < -0.4 is 10.5 Å². The molecular weight excluding hydrogens is 270 g/mol. The van der Waals surface area contributed by atoms with Crippen molar-refractivity contribution in [3.8, 4) is 5.75 Å². The zero-order valence-corrected chi connectivity index (χ0v) is 12.7. The average Bonchev–Trinajstić information content (AvgIpc) is 2.46. The van der Waals surface area contributed by atoms with E-state index in [1.54, 1.807) is 0 Å². The molecule has 0 unspecified atom stereocenters. The van der Waals surface area contributed by atoms with Crippen molar-refractivity contribution < 1.29 is 4.74 Å². The van der Waals surface area contributed by atoms with E-state index in [2.05, 4.69) is 19.9 Å². The number of halogens is 1. The Hall–Kier alpha value is -1.51. The molecule has 0 aliphatic carbocycles. The molecule has 3 heteroatoms. The Balaban J connectivity index is 2.13. The highest BCUT2D eigenvalue weighted by molar-refractivity contribution is 6.31. The first-order valence-electron chi connectivity index (χ1n) is 6.81. The smallest absolute Gasteiger partial charge is 0.123 e. The average molecular weight is 290 g/mol. The quantitative estimate of drug-likeness (QED) is 0.879. The van der Waals surface area contributed by atoms with Crippen molar-refractivity contribution in [3.05, 3.63) is 64.2 Å². The predicted molar refractivity (Wildman–Crippen MR) is 84.2 cm³/mol. The number of nitrogens with two attached hydrogens (primary N) is 1. The van der Waals surface area contributed by atoms with Crippen molar-refractivity contribution >= 4 is 11.6 Å². The minimum Gasteiger partial charge on any atom is -0.489 e. The molecule has 0 amide bonds. The summed E-state index contributed by atoms with van der Waals surface area (Å²) < 4.78 is 5.92. The van der Waals surface area contributed by atoms with Crippen molar-refractivity contribution in [3.63, 3.8) is 0 Å². The third-order valence-corrected chi connectivity index (χ3v) is 3.63. The van der Waals surface area contributed by atoms with Crippen LogP contribution in [-0.4, -0.2) is 0 Å². The maximum atomic E-state index is 6.24. The van der Waals surface area contributed by atoms with Crippen LogP contribution in [0.3, 0.4) is 0 Å². The lowest BCUT2D eigenvalue weighted by molar-refractivity contribution is 0.302. The molecule has 0 aromatic heterocycles. The van der Waals surface area contributed by atoms with Crippen molar-refractivity contribution in [1.82, 2.24) is 0 Å². The molecule has 0 saturated carbocycles. The molecule has 0 aliphatic heterocycles. The topological polar surface area (TPSA) is 35.2 Å². The van der Waals surface area contributed by atoms with Gasteiger partial charge >= 0.3 is 0 Å². The van der Waals surface area contributed by atoms with Gasteiger partial charge in [-0.3, -0.25) is 0 Å². The SMILES string of the molecule is CC(C)c1ccccc1OCc1ccc(CN)cc1Cl. The number of ether oxygens (including phenoxy) is 1.